The zero-order chi connectivity index (χ0) is 7.94. The minimum absolute atomic E-state index is 0.687. The molecule has 0 aromatic rings. The monoisotopic (exact) mass is 150 g/mol. The topological polar surface area (TPSA) is 9.23 Å². The molecule has 0 bridgehead atoms. The van der Waals surface area contributed by atoms with Crippen LogP contribution in [-0.2, 0) is 4.74 Å². The van der Waals surface area contributed by atoms with Gasteiger partial charge in [0.1, 0.15) is 12.4 Å². The highest BCUT2D eigenvalue weighted by Crippen LogP contribution is 2.10. The summed E-state index contributed by atoms with van der Waals surface area (Å²) in [6, 6.07) is 0. The van der Waals surface area contributed by atoms with E-state index in [1.165, 1.54) is 0 Å². The summed E-state index contributed by atoms with van der Waals surface area (Å²) >= 11 is 0. The molecule has 0 spiro atoms. The molecule has 1 aliphatic carbocycles. The number of rotatable bonds is 3. The van der Waals surface area contributed by atoms with Gasteiger partial charge in [-0.1, -0.05) is 18.2 Å². The van der Waals surface area contributed by atoms with E-state index >= 15 is 0 Å². The molecular formula is C10H14O. The van der Waals surface area contributed by atoms with Gasteiger partial charge >= 0.3 is 0 Å². The lowest BCUT2D eigenvalue weighted by atomic mass is 10.2. The molecule has 0 N–H and O–H groups in total. The Balaban J connectivity index is 2.25. The van der Waals surface area contributed by atoms with Crippen LogP contribution in [0.15, 0.2) is 36.1 Å². The summed E-state index contributed by atoms with van der Waals surface area (Å²) in [5, 5.41) is 0. The highest BCUT2D eigenvalue weighted by Gasteiger charge is 1.94. The average molecular weight is 150 g/mol. The second-order valence-corrected chi connectivity index (χ2v) is 2.47. The van der Waals surface area contributed by atoms with Gasteiger partial charge in [-0.2, -0.15) is 0 Å². The number of ether oxygens (including phenoxy) is 1. The second-order valence-electron chi connectivity index (χ2n) is 2.47. The predicted molar refractivity (Wildman–Crippen MR) is 47.2 cm³/mol. The normalized spacial score (nSPS) is 17.0. The van der Waals surface area contributed by atoms with E-state index in [4.69, 9.17) is 4.74 Å². The minimum Gasteiger partial charge on any atom is -0.490 e. The first-order valence-corrected chi connectivity index (χ1v) is 4.04. The van der Waals surface area contributed by atoms with Gasteiger partial charge in [0, 0.05) is 0 Å². The maximum absolute atomic E-state index is 5.41. The van der Waals surface area contributed by atoms with Crippen LogP contribution in [0.1, 0.15) is 19.8 Å². The van der Waals surface area contributed by atoms with Crippen LogP contribution in [0.25, 0.3) is 0 Å². The summed E-state index contributed by atoms with van der Waals surface area (Å²) in [7, 11) is 0. The van der Waals surface area contributed by atoms with Crippen molar-refractivity contribution in [2.75, 3.05) is 6.61 Å². The third-order valence-electron chi connectivity index (χ3n) is 1.54. The van der Waals surface area contributed by atoms with Crippen LogP contribution in [0.2, 0.25) is 0 Å². The Kier molecular flexibility index (Phi) is 3.53. The lowest BCUT2D eigenvalue weighted by Crippen LogP contribution is -1.92. The molecule has 1 nitrogen and oxygen atoms in total. The van der Waals surface area contributed by atoms with Gasteiger partial charge in [0.15, 0.2) is 0 Å². The standard InChI is InChI=1S/C10H14O/c1-2-3-9-11-10-7-5-4-6-8-10/h2-3,5,7-8H,4,6,9H2,1H3/b3-2+. The van der Waals surface area contributed by atoms with Crippen molar-refractivity contribution in [2.45, 2.75) is 19.8 Å². The SMILES string of the molecule is C/C=C/COC1=CCCC=C1. The fourth-order valence-corrected chi connectivity index (χ4v) is 0.937. The summed E-state index contributed by atoms with van der Waals surface area (Å²) < 4.78 is 5.41. The van der Waals surface area contributed by atoms with Crippen molar-refractivity contribution in [3.8, 4) is 0 Å². The minimum atomic E-state index is 0.687. The largest absolute Gasteiger partial charge is 0.490 e. The summed E-state index contributed by atoms with van der Waals surface area (Å²) in [4.78, 5) is 0. The van der Waals surface area contributed by atoms with Crippen molar-refractivity contribution in [3.05, 3.63) is 36.1 Å². The van der Waals surface area contributed by atoms with Crippen LogP contribution in [0.3, 0.4) is 0 Å². The van der Waals surface area contributed by atoms with Gasteiger partial charge in [-0.25, -0.2) is 0 Å². The van der Waals surface area contributed by atoms with E-state index in [0.29, 0.717) is 6.61 Å². The van der Waals surface area contributed by atoms with Crippen molar-refractivity contribution in [2.24, 2.45) is 0 Å². The van der Waals surface area contributed by atoms with E-state index in [1.54, 1.807) is 0 Å². The molecule has 1 aliphatic rings. The van der Waals surface area contributed by atoms with E-state index in [9.17, 15) is 0 Å². The first kappa shape index (κ1) is 8.12. The van der Waals surface area contributed by atoms with Gasteiger partial charge in [0.2, 0.25) is 0 Å². The van der Waals surface area contributed by atoms with Crippen LogP contribution >= 0.6 is 0 Å². The Morgan fingerprint density at radius 3 is 3.09 bits per heavy atom. The molecular weight excluding hydrogens is 136 g/mol. The van der Waals surface area contributed by atoms with Crippen molar-refractivity contribution in [3.63, 3.8) is 0 Å². The molecule has 0 heterocycles. The van der Waals surface area contributed by atoms with Gasteiger partial charge < -0.3 is 4.74 Å². The highest BCUT2D eigenvalue weighted by molar-refractivity contribution is 5.16. The zero-order valence-electron chi connectivity index (χ0n) is 6.92. The summed E-state index contributed by atoms with van der Waals surface area (Å²) in [6.07, 6.45) is 12.6. The highest BCUT2D eigenvalue weighted by atomic mass is 16.5. The van der Waals surface area contributed by atoms with Crippen LogP contribution in [0.5, 0.6) is 0 Å². The first-order valence-electron chi connectivity index (χ1n) is 4.04. The third-order valence-corrected chi connectivity index (χ3v) is 1.54. The molecule has 0 atom stereocenters. The molecule has 0 aromatic carbocycles. The van der Waals surface area contributed by atoms with Gasteiger partial charge in [0.25, 0.3) is 0 Å². The lowest BCUT2D eigenvalue weighted by molar-refractivity contribution is 0.259. The van der Waals surface area contributed by atoms with Crippen LogP contribution in [0.4, 0.5) is 0 Å². The molecule has 0 unspecified atom stereocenters. The molecule has 0 saturated carbocycles. The Hall–Kier alpha value is -0.980. The first-order chi connectivity index (χ1) is 5.43. The van der Waals surface area contributed by atoms with Gasteiger partial charge in [-0.15, -0.1) is 0 Å². The van der Waals surface area contributed by atoms with Gasteiger partial charge in [0.05, 0.1) is 0 Å². The number of allylic oxidation sites excluding steroid dienone is 4. The third kappa shape index (κ3) is 3.08. The van der Waals surface area contributed by atoms with Crippen molar-refractivity contribution < 1.29 is 4.74 Å². The molecule has 0 aliphatic heterocycles. The Morgan fingerprint density at radius 1 is 1.55 bits per heavy atom. The van der Waals surface area contributed by atoms with E-state index in [1.807, 2.05) is 25.2 Å². The Labute approximate surface area is 68.1 Å². The van der Waals surface area contributed by atoms with E-state index < -0.39 is 0 Å². The van der Waals surface area contributed by atoms with E-state index in [-0.39, 0.29) is 0 Å². The van der Waals surface area contributed by atoms with Crippen LogP contribution in [0, 0.1) is 0 Å². The summed E-state index contributed by atoms with van der Waals surface area (Å²) in [5.41, 5.74) is 0. The average Bonchev–Trinajstić information content (AvgIpc) is 2.07. The molecule has 0 amide bonds. The molecule has 0 radical (unpaired) electrons. The van der Waals surface area contributed by atoms with Crippen molar-refractivity contribution >= 4 is 0 Å². The molecule has 0 aromatic heterocycles. The smallest absolute Gasteiger partial charge is 0.115 e. The van der Waals surface area contributed by atoms with E-state index in [2.05, 4.69) is 12.2 Å². The summed E-state index contributed by atoms with van der Waals surface area (Å²) in [5.74, 6) is 1.01. The maximum Gasteiger partial charge on any atom is 0.115 e. The number of hydrogen-bond acceptors (Lipinski definition) is 1. The summed E-state index contributed by atoms with van der Waals surface area (Å²) in [6.45, 7) is 2.68. The van der Waals surface area contributed by atoms with Crippen LogP contribution in [-0.4, -0.2) is 6.61 Å². The Morgan fingerprint density at radius 2 is 2.45 bits per heavy atom. The van der Waals surface area contributed by atoms with Gasteiger partial charge in [-0.3, -0.25) is 0 Å². The molecule has 0 fully saturated rings. The predicted octanol–water partition coefficient (Wildman–Crippen LogP) is 2.81. The van der Waals surface area contributed by atoms with E-state index in [0.717, 1.165) is 18.6 Å². The van der Waals surface area contributed by atoms with Crippen LogP contribution < -0.4 is 0 Å². The Bertz CT molecular complexity index is 187. The lowest BCUT2D eigenvalue weighted by Gasteiger charge is -2.06. The molecule has 1 heteroatoms. The molecule has 1 rings (SSSR count). The fourth-order valence-electron chi connectivity index (χ4n) is 0.937. The maximum atomic E-state index is 5.41. The molecule has 60 valence electrons. The van der Waals surface area contributed by atoms with Gasteiger partial charge in [-0.05, 0) is 31.9 Å². The quantitative estimate of drug-likeness (QED) is 0.562. The number of hydrogen-bond donors (Lipinski definition) is 0. The molecule has 11 heavy (non-hydrogen) atoms. The fraction of sp³-hybridized carbons (Fsp3) is 0.400. The van der Waals surface area contributed by atoms with Crippen molar-refractivity contribution in [1.29, 1.82) is 0 Å². The second kappa shape index (κ2) is 4.78. The molecule has 0 saturated heterocycles. The zero-order valence-corrected chi connectivity index (χ0v) is 6.92. The van der Waals surface area contributed by atoms with Crippen molar-refractivity contribution in [1.82, 2.24) is 0 Å².